The molecule has 3 amide bonds. The number of carbonyl (C=O) groups is 2. The molecule has 3 aromatic rings. The molecule has 3 rings (SSSR count). The summed E-state index contributed by atoms with van der Waals surface area (Å²) in [5, 5.41) is 14.2. The molecular weight excluding hydrogens is 386 g/mol. The minimum atomic E-state index is -0.582. The van der Waals surface area contributed by atoms with Gasteiger partial charge in [0.15, 0.2) is 11.0 Å². The van der Waals surface area contributed by atoms with Gasteiger partial charge in [-0.25, -0.2) is 4.79 Å². The van der Waals surface area contributed by atoms with Gasteiger partial charge in [0.2, 0.25) is 5.91 Å². The number of rotatable bonds is 5. The molecule has 0 aliphatic carbocycles. The zero-order chi connectivity index (χ0) is 19.2. The standard InChI is InChI=1S/C18H16ClN5O2S/c1-24-16(13-9-5-6-10-14(13)19)22-23-18(24)27-11-15(25)21-17(26)20-12-7-3-2-4-8-12/h2-10H,11H2,1H3,(H2,20,21,25,26). The lowest BCUT2D eigenvalue weighted by Gasteiger charge is -2.07. The van der Waals surface area contributed by atoms with Gasteiger partial charge in [-0.1, -0.05) is 53.7 Å². The van der Waals surface area contributed by atoms with E-state index in [9.17, 15) is 9.59 Å². The number of thioether (sulfide) groups is 1. The Balaban J connectivity index is 1.56. The number of hydrogen-bond acceptors (Lipinski definition) is 5. The number of urea groups is 1. The van der Waals surface area contributed by atoms with Crippen LogP contribution in [0.15, 0.2) is 59.8 Å². The Labute approximate surface area is 165 Å². The van der Waals surface area contributed by atoms with Crippen LogP contribution in [0.4, 0.5) is 10.5 Å². The second-order valence-electron chi connectivity index (χ2n) is 5.50. The summed E-state index contributed by atoms with van der Waals surface area (Å²) < 4.78 is 1.75. The molecule has 0 spiro atoms. The van der Waals surface area contributed by atoms with Crippen LogP contribution in [0.5, 0.6) is 0 Å². The summed E-state index contributed by atoms with van der Waals surface area (Å²) in [6, 6.07) is 15.6. The van der Waals surface area contributed by atoms with Crippen molar-refractivity contribution in [3.05, 3.63) is 59.6 Å². The SMILES string of the molecule is Cn1c(SCC(=O)NC(=O)Nc2ccccc2)nnc1-c1ccccc1Cl. The van der Waals surface area contributed by atoms with Crippen molar-refractivity contribution in [1.29, 1.82) is 0 Å². The maximum atomic E-state index is 12.0. The monoisotopic (exact) mass is 401 g/mol. The molecule has 0 atom stereocenters. The summed E-state index contributed by atoms with van der Waals surface area (Å²) in [5.41, 5.74) is 1.36. The maximum absolute atomic E-state index is 12.0. The summed E-state index contributed by atoms with van der Waals surface area (Å²) in [6.07, 6.45) is 0. The molecule has 0 saturated heterocycles. The van der Waals surface area contributed by atoms with Gasteiger partial charge < -0.3 is 9.88 Å². The average Bonchev–Trinajstić information content (AvgIpc) is 3.01. The van der Waals surface area contributed by atoms with Crippen LogP contribution in [0, 0.1) is 0 Å². The fourth-order valence-electron chi connectivity index (χ4n) is 2.29. The summed E-state index contributed by atoms with van der Waals surface area (Å²) in [5.74, 6) is 0.192. The Morgan fingerprint density at radius 1 is 1.07 bits per heavy atom. The first-order valence-corrected chi connectivity index (χ1v) is 9.34. The number of anilines is 1. The van der Waals surface area contributed by atoms with Crippen LogP contribution >= 0.6 is 23.4 Å². The highest BCUT2D eigenvalue weighted by Gasteiger charge is 2.15. The van der Waals surface area contributed by atoms with Crippen LogP contribution in [0.1, 0.15) is 0 Å². The molecule has 0 aliphatic heterocycles. The number of carbonyl (C=O) groups excluding carboxylic acids is 2. The number of para-hydroxylation sites is 1. The van der Waals surface area contributed by atoms with Crippen molar-refractivity contribution < 1.29 is 9.59 Å². The topological polar surface area (TPSA) is 88.9 Å². The van der Waals surface area contributed by atoms with Gasteiger partial charge in [0.05, 0.1) is 10.8 Å². The number of nitrogens with one attached hydrogen (secondary N) is 2. The van der Waals surface area contributed by atoms with E-state index in [0.717, 1.165) is 5.56 Å². The van der Waals surface area contributed by atoms with Crippen molar-refractivity contribution in [3.63, 3.8) is 0 Å². The van der Waals surface area contributed by atoms with E-state index >= 15 is 0 Å². The highest BCUT2D eigenvalue weighted by Crippen LogP contribution is 2.28. The van der Waals surface area contributed by atoms with Gasteiger partial charge in [0, 0.05) is 18.3 Å². The summed E-state index contributed by atoms with van der Waals surface area (Å²) in [4.78, 5) is 23.8. The van der Waals surface area contributed by atoms with Crippen LogP contribution in [0.25, 0.3) is 11.4 Å². The number of amides is 3. The molecule has 1 aromatic heterocycles. The molecule has 0 fully saturated rings. The van der Waals surface area contributed by atoms with Gasteiger partial charge in [0.25, 0.3) is 0 Å². The van der Waals surface area contributed by atoms with Crippen LogP contribution in [0.2, 0.25) is 5.02 Å². The Kier molecular flexibility index (Phi) is 6.10. The predicted molar refractivity (Wildman–Crippen MR) is 106 cm³/mol. The third-order valence-corrected chi connectivity index (χ3v) is 4.92. The normalized spacial score (nSPS) is 10.4. The summed E-state index contributed by atoms with van der Waals surface area (Å²) in [7, 11) is 1.79. The molecule has 2 aromatic carbocycles. The molecule has 138 valence electrons. The molecule has 0 unspecified atom stereocenters. The van der Waals surface area contributed by atoms with E-state index in [2.05, 4.69) is 20.8 Å². The third-order valence-electron chi connectivity index (χ3n) is 3.57. The Hall–Kier alpha value is -2.84. The van der Waals surface area contributed by atoms with E-state index in [1.807, 2.05) is 24.3 Å². The largest absolute Gasteiger partial charge is 0.325 e. The first-order chi connectivity index (χ1) is 13.0. The fourth-order valence-corrected chi connectivity index (χ4v) is 3.23. The summed E-state index contributed by atoms with van der Waals surface area (Å²) >= 11 is 7.37. The lowest BCUT2D eigenvalue weighted by Crippen LogP contribution is -2.35. The zero-order valence-corrected chi connectivity index (χ0v) is 15.9. The highest BCUT2D eigenvalue weighted by molar-refractivity contribution is 7.99. The highest BCUT2D eigenvalue weighted by atomic mass is 35.5. The van der Waals surface area contributed by atoms with Crippen molar-refractivity contribution in [2.24, 2.45) is 7.05 Å². The Morgan fingerprint density at radius 2 is 1.78 bits per heavy atom. The van der Waals surface area contributed by atoms with Gasteiger partial charge in [-0.2, -0.15) is 0 Å². The maximum Gasteiger partial charge on any atom is 0.325 e. The van der Waals surface area contributed by atoms with Gasteiger partial charge in [-0.15, -0.1) is 10.2 Å². The molecule has 7 nitrogen and oxygen atoms in total. The van der Waals surface area contributed by atoms with Gasteiger partial charge >= 0.3 is 6.03 Å². The zero-order valence-electron chi connectivity index (χ0n) is 14.3. The van der Waals surface area contributed by atoms with E-state index in [-0.39, 0.29) is 5.75 Å². The van der Waals surface area contributed by atoms with Crippen molar-refractivity contribution in [1.82, 2.24) is 20.1 Å². The number of benzene rings is 2. The van der Waals surface area contributed by atoms with Crippen molar-refractivity contribution in [2.75, 3.05) is 11.1 Å². The van der Waals surface area contributed by atoms with Crippen LogP contribution in [0.3, 0.4) is 0 Å². The number of imide groups is 1. The smallest absolute Gasteiger partial charge is 0.308 e. The molecule has 2 N–H and O–H groups in total. The van der Waals surface area contributed by atoms with Gasteiger partial charge in [0.1, 0.15) is 0 Å². The molecule has 27 heavy (non-hydrogen) atoms. The minimum Gasteiger partial charge on any atom is -0.308 e. The van der Waals surface area contributed by atoms with Crippen LogP contribution in [-0.2, 0) is 11.8 Å². The van der Waals surface area contributed by atoms with E-state index in [1.54, 1.807) is 41.9 Å². The Bertz CT molecular complexity index is 961. The van der Waals surface area contributed by atoms with Crippen molar-refractivity contribution in [3.8, 4) is 11.4 Å². The molecule has 9 heteroatoms. The second-order valence-corrected chi connectivity index (χ2v) is 6.85. The van der Waals surface area contributed by atoms with Gasteiger partial charge in [-0.3, -0.25) is 10.1 Å². The first kappa shape index (κ1) is 18.9. The van der Waals surface area contributed by atoms with E-state index in [4.69, 9.17) is 11.6 Å². The third kappa shape index (κ3) is 4.87. The number of aromatic nitrogens is 3. The molecule has 0 aliphatic rings. The van der Waals surface area contributed by atoms with Crippen LogP contribution < -0.4 is 10.6 Å². The second kappa shape index (κ2) is 8.70. The molecule has 0 saturated carbocycles. The van der Waals surface area contributed by atoms with Crippen LogP contribution in [-0.4, -0.2) is 32.5 Å². The van der Waals surface area contributed by atoms with E-state index in [1.165, 1.54) is 11.8 Å². The lowest BCUT2D eigenvalue weighted by molar-refractivity contribution is -0.117. The van der Waals surface area contributed by atoms with Crippen molar-refractivity contribution in [2.45, 2.75) is 5.16 Å². The van der Waals surface area contributed by atoms with Gasteiger partial charge in [-0.05, 0) is 24.3 Å². The number of halogens is 1. The summed E-state index contributed by atoms with van der Waals surface area (Å²) in [6.45, 7) is 0. The lowest BCUT2D eigenvalue weighted by atomic mass is 10.2. The number of nitrogens with zero attached hydrogens (tertiary/aromatic N) is 3. The molecule has 1 heterocycles. The first-order valence-electron chi connectivity index (χ1n) is 7.97. The van der Waals surface area contributed by atoms with Crippen molar-refractivity contribution >= 4 is 41.0 Å². The fraction of sp³-hybridized carbons (Fsp3) is 0.111. The van der Waals surface area contributed by atoms with E-state index in [0.29, 0.717) is 21.7 Å². The molecular formula is C18H16ClN5O2S. The molecule has 0 bridgehead atoms. The average molecular weight is 402 g/mol. The number of hydrogen-bond donors (Lipinski definition) is 2. The van der Waals surface area contributed by atoms with E-state index < -0.39 is 11.9 Å². The molecule has 0 radical (unpaired) electrons. The minimum absolute atomic E-state index is 0.0245. The quantitative estimate of drug-likeness (QED) is 0.638. The predicted octanol–water partition coefficient (Wildman–Crippen LogP) is 3.58. The Morgan fingerprint density at radius 3 is 2.52 bits per heavy atom.